The van der Waals surface area contributed by atoms with E-state index in [9.17, 15) is 0 Å². The predicted molar refractivity (Wildman–Crippen MR) is 56.9 cm³/mol. The van der Waals surface area contributed by atoms with Gasteiger partial charge in [0.15, 0.2) is 0 Å². The van der Waals surface area contributed by atoms with Crippen LogP contribution in [-0.2, 0) is 13.6 Å². The van der Waals surface area contributed by atoms with Crippen molar-refractivity contribution < 1.29 is 0 Å². The smallest absolute Gasteiger partial charge is 0.122 e. The van der Waals surface area contributed by atoms with E-state index in [1.165, 1.54) is 37.8 Å². The van der Waals surface area contributed by atoms with Crippen LogP contribution in [0.2, 0.25) is 0 Å². The number of aryl methyl sites for hydroxylation is 1. The van der Waals surface area contributed by atoms with Crippen molar-refractivity contribution in [3.05, 3.63) is 17.7 Å². The van der Waals surface area contributed by atoms with Crippen molar-refractivity contribution in [1.29, 1.82) is 0 Å². The lowest BCUT2D eigenvalue weighted by atomic mass is 9.87. The molecule has 14 heavy (non-hydrogen) atoms. The maximum absolute atomic E-state index is 5.61. The summed E-state index contributed by atoms with van der Waals surface area (Å²) in [5.41, 5.74) is 6.87. The van der Waals surface area contributed by atoms with E-state index >= 15 is 0 Å². The molecule has 0 aromatic carbocycles. The standard InChI is InChI=1S/C11H19N3/c1-14-8-10(13-11(14)7-12)9-5-3-2-4-6-9/h8-9H,2-7,12H2,1H3. The van der Waals surface area contributed by atoms with Crippen LogP contribution in [0.4, 0.5) is 0 Å². The van der Waals surface area contributed by atoms with Crippen molar-refractivity contribution in [3.8, 4) is 0 Å². The molecule has 0 aliphatic heterocycles. The quantitative estimate of drug-likeness (QED) is 0.780. The fraction of sp³-hybridized carbons (Fsp3) is 0.727. The highest BCUT2D eigenvalue weighted by molar-refractivity contribution is 5.10. The number of aromatic nitrogens is 2. The van der Waals surface area contributed by atoms with Crippen LogP contribution in [0.15, 0.2) is 6.20 Å². The summed E-state index contributed by atoms with van der Waals surface area (Å²) in [5, 5.41) is 0. The molecule has 1 fully saturated rings. The second-order valence-corrected chi connectivity index (χ2v) is 4.23. The first kappa shape index (κ1) is 9.71. The van der Waals surface area contributed by atoms with Crippen LogP contribution in [0.25, 0.3) is 0 Å². The molecule has 1 aliphatic carbocycles. The van der Waals surface area contributed by atoms with Gasteiger partial charge in [0, 0.05) is 19.2 Å². The zero-order chi connectivity index (χ0) is 9.97. The van der Waals surface area contributed by atoms with Gasteiger partial charge < -0.3 is 10.3 Å². The van der Waals surface area contributed by atoms with Crippen molar-refractivity contribution in [1.82, 2.24) is 9.55 Å². The van der Waals surface area contributed by atoms with Gasteiger partial charge in [0.05, 0.1) is 12.2 Å². The average molecular weight is 193 g/mol. The van der Waals surface area contributed by atoms with Gasteiger partial charge in [-0.05, 0) is 12.8 Å². The van der Waals surface area contributed by atoms with E-state index in [0.717, 1.165) is 5.82 Å². The highest BCUT2D eigenvalue weighted by Crippen LogP contribution is 2.31. The highest BCUT2D eigenvalue weighted by atomic mass is 15.1. The van der Waals surface area contributed by atoms with E-state index in [1.807, 2.05) is 7.05 Å². The molecule has 0 spiro atoms. The third kappa shape index (κ3) is 1.82. The number of hydrogen-bond acceptors (Lipinski definition) is 2. The number of imidazole rings is 1. The summed E-state index contributed by atoms with van der Waals surface area (Å²) in [6, 6.07) is 0. The molecule has 2 N–H and O–H groups in total. The molecule has 0 atom stereocenters. The SMILES string of the molecule is Cn1cc(C2CCCCC2)nc1CN. The Balaban J connectivity index is 2.14. The van der Waals surface area contributed by atoms with Gasteiger partial charge in [-0.15, -0.1) is 0 Å². The molecular weight excluding hydrogens is 174 g/mol. The number of nitrogens with two attached hydrogens (primary N) is 1. The Bertz CT molecular complexity index is 297. The molecule has 1 aromatic rings. The zero-order valence-corrected chi connectivity index (χ0v) is 8.87. The van der Waals surface area contributed by atoms with Gasteiger partial charge >= 0.3 is 0 Å². The molecule has 1 aromatic heterocycles. The predicted octanol–water partition coefficient (Wildman–Crippen LogP) is 1.93. The van der Waals surface area contributed by atoms with Gasteiger partial charge in [-0.3, -0.25) is 0 Å². The lowest BCUT2D eigenvalue weighted by Crippen LogP contribution is -2.06. The van der Waals surface area contributed by atoms with Crippen molar-refractivity contribution in [2.75, 3.05) is 0 Å². The zero-order valence-electron chi connectivity index (χ0n) is 8.87. The van der Waals surface area contributed by atoms with Gasteiger partial charge in [-0.2, -0.15) is 0 Å². The minimum Gasteiger partial charge on any atom is -0.337 e. The van der Waals surface area contributed by atoms with Crippen molar-refractivity contribution >= 4 is 0 Å². The fourth-order valence-corrected chi connectivity index (χ4v) is 2.31. The van der Waals surface area contributed by atoms with Crippen LogP contribution in [0.5, 0.6) is 0 Å². The lowest BCUT2D eigenvalue weighted by molar-refractivity contribution is 0.437. The first-order valence-electron chi connectivity index (χ1n) is 5.53. The van der Waals surface area contributed by atoms with Gasteiger partial charge in [-0.1, -0.05) is 19.3 Å². The van der Waals surface area contributed by atoms with E-state index in [2.05, 4.69) is 15.7 Å². The molecular formula is C11H19N3. The molecule has 0 bridgehead atoms. The van der Waals surface area contributed by atoms with Crippen LogP contribution in [0.3, 0.4) is 0 Å². The molecule has 1 aliphatic rings. The Hall–Kier alpha value is -0.830. The first-order valence-corrected chi connectivity index (χ1v) is 5.53. The second-order valence-electron chi connectivity index (χ2n) is 4.23. The van der Waals surface area contributed by atoms with Gasteiger partial charge in [0.1, 0.15) is 5.82 Å². The van der Waals surface area contributed by atoms with Crippen LogP contribution in [0.1, 0.15) is 49.5 Å². The number of nitrogens with zero attached hydrogens (tertiary/aromatic N) is 2. The third-order valence-corrected chi connectivity index (χ3v) is 3.20. The molecule has 78 valence electrons. The normalized spacial score (nSPS) is 18.7. The third-order valence-electron chi connectivity index (χ3n) is 3.20. The van der Waals surface area contributed by atoms with Crippen molar-refractivity contribution in [3.63, 3.8) is 0 Å². The van der Waals surface area contributed by atoms with E-state index < -0.39 is 0 Å². The maximum atomic E-state index is 5.61. The summed E-state index contributed by atoms with van der Waals surface area (Å²) < 4.78 is 2.06. The summed E-state index contributed by atoms with van der Waals surface area (Å²) in [7, 11) is 2.03. The summed E-state index contributed by atoms with van der Waals surface area (Å²) in [4.78, 5) is 4.59. The monoisotopic (exact) mass is 193 g/mol. The van der Waals surface area contributed by atoms with E-state index in [4.69, 9.17) is 5.73 Å². The Morgan fingerprint density at radius 1 is 1.43 bits per heavy atom. The van der Waals surface area contributed by atoms with Crippen LogP contribution >= 0.6 is 0 Å². The minimum atomic E-state index is 0.545. The molecule has 0 amide bonds. The Labute approximate surface area is 85.3 Å². The Morgan fingerprint density at radius 2 is 2.14 bits per heavy atom. The van der Waals surface area contributed by atoms with Gasteiger partial charge in [0.2, 0.25) is 0 Å². The summed E-state index contributed by atoms with van der Waals surface area (Å²) >= 11 is 0. The minimum absolute atomic E-state index is 0.545. The highest BCUT2D eigenvalue weighted by Gasteiger charge is 2.18. The molecule has 3 heteroatoms. The van der Waals surface area contributed by atoms with Crippen LogP contribution in [-0.4, -0.2) is 9.55 Å². The average Bonchev–Trinajstić information content (AvgIpc) is 2.61. The molecule has 1 saturated carbocycles. The number of rotatable bonds is 2. The van der Waals surface area contributed by atoms with Crippen molar-refractivity contribution in [2.24, 2.45) is 12.8 Å². The summed E-state index contributed by atoms with van der Waals surface area (Å²) in [6.07, 6.45) is 8.88. The molecule has 0 unspecified atom stereocenters. The molecule has 0 radical (unpaired) electrons. The molecule has 2 rings (SSSR count). The summed E-state index contributed by atoms with van der Waals surface area (Å²) in [6.45, 7) is 0.545. The molecule has 3 nitrogen and oxygen atoms in total. The van der Waals surface area contributed by atoms with Gasteiger partial charge in [0.25, 0.3) is 0 Å². The Kier molecular flexibility index (Phi) is 2.87. The van der Waals surface area contributed by atoms with Gasteiger partial charge in [-0.25, -0.2) is 4.98 Å². The molecule has 1 heterocycles. The second kappa shape index (κ2) is 4.13. The van der Waals surface area contributed by atoms with Crippen LogP contribution < -0.4 is 5.73 Å². The largest absolute Gasteiger partial charge is 0.337 e. The Morgan fingerprint density at radius 3 is 2.71 bits per heavy atom. The summed E-state index contributed by atoms with van der Waals surface area (Å²) in [5.74, 6) is 1.70. The van der Waals surface area contributed by atoms with E-state index in [1.54, 1.807) is 0 Å². The first-order chi connectivity index (χ1) is 6.81. The molecule has 0 saturated heterocycles. The van der Waals surface area contributed by atoms with E-state index in [0.29, 0.717) is 12.5 Å². The number of hydrogen-bond donors (Lipinski definition) is 1. The lowest BCUT2D eigenvalue weighted by Gasteiger charge is -2.19. The van der Waals surface area contributed by atoms with Crippen molar-refractivity contribution in [2.45, 2.75) is 44.6 Å². The maximum Gasteiger partial charge on any atom is 0.122 e. The topological polar surface area (TPSA) is 43.8 Å². The van der Waals surface area contributed by atoms with Crippen LogP contribution in [0, 0.1) is 0 Å². The van der Waals surface area contributed by atoms with E-state index in [-0.39, 0.29) is 0 Å². The fourth-order valence-electron chi connectivity index (χ4n) is 2.31.